The highest BCUT2D eigenvalue weighted by atomic mass is 32.2. The molecule has 8 nitrogen and oxygen atoms in total. The number of aryl methyl sites for hydroxylation is 1. The van der Waals surface area contributed by atoms with Crippen molar-refractivity contribution >= 4 is 21.7 Å². The summed E-state index contributed by atoms with van der Waals surface area (Å²) in [5.41, 5.74) is 0.685. The highest BCUT2D eigenvalue weighted by molar-refractivity contribution is 7.92. The van der Waals surface area contributed by atoms with Crippen LogP contribution in [0.1, 0.15) is 5.56 Å². The standard InChI is InChI=1S/C18H16FN3O5S/c1-12-9-14(4-6-17(12)27-11-18(23)24)28(25,26)21-13-3-5-16(15(19)10-13)22-8-2-7-20-22/h2-10,21H,11H2,1H3,(H,23,24). The lowest BCUT2D eigenvalue weighted by Crippen LogP contribution is -2.14. The number of hydrogen-bond acceptors (Lipinski definition) is 5. The van der Waals surface area contributed by atoms with E-state index in [0.717, 1.165) is 6.07 Å². The molecule has 0 bridgehead atoms. The summed E-state index contributed by atoms with van der Waals surface area (Å²) in [7, 11) is -3.98. The number of hydrogen-bond donors (Lipinski definition) is 2. The Labute approximate surface area is 160 Å². The number of carbonyl (C=O) groups is 1. The van der Waals surface area contributed by atoms with E-state index >= 15 is 0 Å². The molecule has 2 N–H and O–H groups in total. The Hall–Kier alpha value is -3.40. The topological polar surface area (TPSA) is 111 Å². The summed E-state index contributed by atoms with van der Waals surface area (Å²) < 4.78 is 48.2. The highest BCUT2D eigenvalue weighted by Crippen LogP contribution is 2.25. The van der Waals surface area contributed by atoms with E-state index in [1.54, 1.807) is 19.2 Å². The molecule has 0 saturated carbocycles. The molecule has 0 unspecified atom stereocenters. The van der Waals surface area contributed by atoms with Gasteiger partial charge < -0.3 is 9.84 Å². The first kappa shape index (κ1) is 19.4. The van der Waals surface area contributed by atoms with E-state index in [1.165, 1.54) is 41.2 Å². The Kier molecular flexibility index (Phi) is 5.32. The summed E-state index contributed by atoms with van der Waals surface area (Å²) in [6.07, 6.45) is 3.07. The number of rotatable bonds is 7. The Balaban J connectivity index is 1.81. The molecule has 3 rings (SSSR count). The van der Waals surface area contributed by atoms with Crippen molar-refractivity contribution in [3.63, 3.8) is 0 Å². The second-order valence-corrected chi connectivity index (χ2v) is 7.51. The van der Waals surface area contributed by atoms with Crippen molar-refractivity contribution in [2.75, 3.05) is 11.3 Å². The van der Waals surface area contributed by atoms with E-state index in [9.17, 15) is 17.6 Å². The summed E-state index contributed by atoms with van der Waals surface area (Å²) in [4.78, 5) is 10.5. The number of ether oxygens (including phenoxy) is 1. The third-order valence-electron chi connectivity index (χ3n) is 3.76. The number of sulfonamides is 1. The van der Waals surface area contributed by atoms with Crippen molar-refractivity contribution in [3.05, 3.63) is 66.2 Å². The fourth-order valence-electron chi connectivity index (χ4n) is 2.47. The normalized spacial score (nSPS) is 11.2. The van der Waals surface area contributed by atoms with Gasteiger partial charge in [-0.25, -0.2) is 22.3 Å². The van der Waals surface area contributed by atoms with E-state index < -0.39 is 28.4 Å². The van der Waals surface area contributed by atoms with Crippen molar-refractivity contribution in [3.8, 4) is 11.4 Å². The Morgan fingerprint density at radius 1 is 1.29 bits per heavy atom. The third kappa shape index (κ3) is 4.29. The maximum absolute atomic E-state index is 14.3. The molecule has 0 atom stereocenters. The van der Waals surface area contributed by atoms with Crippen LogP contribution >= 0.6 is 0 Å². The van der Waals surface area contributed by atoms with E-state index in [4.69, 9.17) is 9.84 Å². The number of aliphatic carboxylic acids is 1. The van der Waals surface area contributed by atoms with Crippen molar-refractivity contribution < 1.29 is 27.4 Å². The van der Waals surface area contributed by atoms with Gasteiger partial charge >= 0.3 is 5.97 Å². The predicted molar refractivity (Wildman–Crippen MR) is 98.6 cm³/mol. The van der Waals surface area contributed by atoms with Gasteiger partial charge in [-0.3, -0.25) is 4.72 Å². The number of nitrogens with one attached hydrogen (secondary N) is 1. The Morgan fingerprint density at radius 2 is 2.07 bits per heavy atom. The Morgan fingerprint density at radius 3 is 2.68 bits per heavy atom. The summed E-state index contributed by atoms with van der Waals surface area (Å²) in [6.45, 7) is 1.06. The van der Waals surface area contributed by atoms with Crippen LogP contribution < -0.4 is 9.46 Å². The molecular weight excluding hydrogens is 389 g/mol. The monoisotopic (exact) mass is 405 g/mol. The molecule has 146 valence electrons. The number of benzene rings is 2. The minimum atomic E-state index is -3.98. The van der Waals surface area contributed by atoms with Crippen LogP contribution in [0.4, 0.5) is 10.1 Å². The number of carboxylic acids is 1. The maximum atomic E-state index is 14.3. The molecule has 2 aromatic carbocycles. The number of anilines is 1. The van der Waals surface area contributed by atoms with Gasteiger partial charge in [0.15, 0.2) is 12.4 Å². The third-order valence-corrected chi connectivity index (χ3v) is 5.14. The van der Waals surface area contributed by atoms with Crippen LogP contribution in [-0.2, 0) is 14.8 Å². The first-order valence-electron chi connectivity index (χ1n) is 8.04. The van der Waals surface area contributed by atoms with Crippen LogP contribution in [0.25, 0.3) is 5.69 Å². The lowest BCUT2D eigenvalue weighted by Gasteiger charge is -2.12. The second-order valence-electron chi connectivity index (χ2n) is 5.83. The summed E-state index contributed by atoms with van der Waals surface area (Å²) in [6, 6.07) is 9.53. The van der Waals surface area contributed by atoms with Crippen LogP contribution in [0.3, 0.4) is 0 Å². The molecule has 0 aliphatic rings. The molecule has 3 aromatic rings. The van der Waals surface area contributed by atoms with Gasteiger partial charge in [-0.1, -0.05) is 0 Å². The average Bonchev–Trinajstić information content (AvgIpc) is 3.14. The number of halogens is 1. The Bertz CT molecular complexity index is 1110. The largest absolute Gasteiger partial charge is 0.482 e. The summed E-state index contributed by atoms with van der Waals surface area (Å²) >= 11 is 0. The molecule has 1 aromatic heterocycles. The molecule has 0 aliphatic heterocycles. The van der Waals surface area contributed by atoms with E-state index in [-0.39, 0.29) is 22.0 Å². The fourth-order valence-corrected chi connectivity index (χ4v) is 3.61. The summed E-state index contributed by atoms with van der Waals surface area (Å²) in [5.74, 6) is -1.52. The molecule has 0 amide bonds. The molecule has 0 spiro atoms. The van der Waals surface area contributed by atoms with Crippen LogP contribution in [0.5, 0.6) is 5.75 Å². The second kappa shape index (κ2) is 7.69. The van der Waals surface area contributed by atoms with Crippen molar-refractivity contribution in [2.24, 2.45) is 0 Å². The van der Waals surface area contributed by atoms with Gasteiger partial charge in [-0.05, 0) is 48.9 Å². The quantitative estimate of drug-likeness (QED) is 0.625. The smallest absolute Gasteiger partial charge is 0.341 e. The molecule has 0 aliphatic carbocycles. The molecule has 1 heterocycles. The van der Waals surface area contributed by atoms with Gasteiger partial charge in [0, 0.05) is 18.5 Å². The van der Waals surface area contributed by atoms with Gasteiger partial charge in [0.2, 0.25) is 0 Å². The number of nitrogens with zero attached hydrogens (tertiary/aromatic N) is 2. The van der Waals surface area contributed by atoms with E-state index in [0.29, 0.717) is 5.56 Å². The molecule has 28 heavy (non-hydrogen) atoms. The highest BCUT2D eigenvalue weighted by Gasteiger charge is 2.17. The number of carboxylic acid groups (broad SMARTS) is 1. The minimum Gasteiger partial charge on any atom is -0.482 e. The zero-order chi connectivity index (χ0) is 20.3. The van der Waals surface area contributed by atoms with Crippen molar-refractivity contribution in [2.45, 2.75) is 11.8 Å². The average molecular weight is 405 g/mol. The lowest BCUT2D eigenvalue weighted by atomic mass is 10.2. The molecule has 0 saturated heterocycles. The fraction of sp³-hybridized carbons (Fsp3) is 0.111. The van der Waals surface area contributed by atoms with Crippen molar-refractivity contribution in [1.82, 2.24) is 9.78 Å². The molecule has 0 fully saturated rings. The van der Waals surface area contributed by atoms with Crippen LogP contribution in [0.15, 0.2) is 59.8 Å². The van der Waals surface area contributed by atoms with Gasteiger partial charge in [0.1, 0.15) is 11.4 Å². The molecule has 10 heteroatoms. The van der Waals surface area contributed by atoms with Gasteiger partial charge in [-0.15, -0.1) is 0 Å². The van der Waals surface area contributed by atoms with Crippen LogP contribution in [0, 0.1) is 12.7 Å². The minimum absolute atomic E-state index is 0.0530. The van der Waals surface area contributed by atoms with Gasteiger partial charge in [0.05, 0.1) is 10.6 Å². The van der Waals surface area contributed by atoms with E-state index in [2.05, 4.69) is 9.82 Å². The van der Waals surface area contributed by atoms with E-state index in [1.807, 2.05) is 0 Å². The SMILES string of the molecule is Cc1cc(S(=O)(=O)Nc2ccc(-n3cccn3)c(F)c2)ccc1OCC(=O)O. The number of aromatic nitrogens is 2. The van der Waals surface area contributed by atoms with Crippen LogP contribution in [0.2, 0.25) is 0 Å². The maximum Gasteiger partial charge on any atom is 0.341 e. The zero-order valence-corrected chi connectivity index (χ0v) is 15.5. The van der Waals surface area contributed by atoms with Gasteiger partial charge in [0.25, 0.3) is 10.0 Å². The lowest BCUT2D eigenvalue weighted by molar-refractivity contribution is -0.139. The first-order chi connectivity index (χ1) is 13.3. The zero-order valence-electron chi connectivity index (χ0n) is 14.7. The summed E-state index contributed by atoms with van der Waals surface area (Å²) in [5, 5.41) is 12.6. The molecule has 0 radical (unpaired) electrons. The molecular formula is C18H16FN3O5S. The van der Waals surface area contributed by atoms with Crippen LogP contribution in [-0.4, -0.2) is 35.9 Å². The first-order valence-corrected chi connectivity index (χ1v) is 9.52. The van der Waals surface area contributed by atoms with Gasteiger partial charge in [-0.2, -0.15) is 5.10 Å². The predicted octanol–water partition coefficient (Wildman–Crippen LogP) is 2.58. The van der Waals surface area contributed by atoms with Crippen molar-refractivity contribution in [1.29, 1.82) is 0 Å².